The number of carbonyl (C=O) groups is 2. The molecular weight excluding hydrogens is 268 g/mol. The van der Waals surface area contributed by atoms with Crippen LogP contribution in [0.3, 0.4) is 0 Å². The molecule has 1 atom stereocenters. The SMILES string of the molecule is C=C(C)CCC(C(=O)O)(C(=O)OCC)c1ccc(C)cc1. The number of esters is 1. The van der Waals surface area contributed by atoms with Crippen LogP contribution in [0.4, 0.5) is 0 Å². The zero-order valence-electron chi connectivity index (χ0n) is 12.8. The number of hydrogen-bond acceptors (Lipinski definition) is 3. The van der Waals surface area contributed by atoms with Crippen molar-refractivity contribution in [1.82, 2.24) is 0 Å². The van der Waals surface area contributed by atoms with E-state index in [1.807, 2.05) is 13.8 Å². The lowest BCUT2D eigenvalue weighted by Crippen LogP contribution is -2.45. The molecule has 114 valence electrons. The highest BCUT2D eigenvalue weighted by atomic mass is 16.5. The average molecular weight is 290 g/mol. The normalized spacial score (nSPS) is 13.3. The molecule has 0 bridgehead atoms. The predicted molar refractivity (Wildman–Crippen MR) is 81.2 cm³/mol. The molecule has 0 aliphatic heterocycles. The largest absolute Gasteiger partial charge is 0.480 e. The minimum atomic E-state index is -1.68. The molecule has 0 aliphatic carbocycles. The highest BCUT2D eigenvalue weighted by Gasteiger charge is 2.48. The Morgan fingerprint density at radius 2 is 1.86 bits per heavy atom. The van der Waals surface area contributed by atoms with Gasteiger partial charge in [-0.15, -0.1) is 6.58 Å². The van der Waals surface area contributed by atoms with Crippen molar-refractivity contribution in [1.29, 1.82) is 0 Å². The van der Waals surface area contributed by atoms with Gasteiger partial charge >= 0.3 is 11.9 Å². The summed E-state index contributed by atoms with van der Waals surface area (Å²) in [4.78, 5) is 24.3. The average Bonchev–Trinajstić information content (AvgIpc) is 2.41. The Bertz CT molecular complexity index is 530. The van der Waals surface area contributed by atoms with E-state index in [-0.39, 0.29) is 13.0 Å². The maximum absolute atomic E-state index is 12.4. The van der Waals surface area contributed by atoms with Gasteiger partial charge in [0, 0.05) is 0 Å². The first-order chi connectivity index (χ1) is 9.84. The Hall–Kier alpha value is -2.10. The first-order valence-corrected chi connectivity index (χ1v) is 6.96. The number of carbonyl (C=O) groups excluding carboxylic acids is 1. The molecule has 1 aromatic rings. The van der Waals surface area contributed by atoms with E-state index in [0.717, 1.165) is 11.1 Å². The number of benzene rings is 1. The quantitative estimate of drug-likeness (QED) is 0.475. The summed E-state index contributed by atoms with van der Waals surface area (Å²) in [5, 5.41) is 9.73. The van der Waals surface area contributed by atoms with Gasteiger partial charge in [-0.05, 0) is 39.2 Å². The Balaban J connectivity index is 3.35. The van der Waals surface area contributed by atoms with E-state index in [1.54, 1.807) is 31.2 Å². The van der Waals surface area contributed by atoms with Gasteiger partial charge in [-0.3, -0.25) is 9.59 Å². The fourth-order valence-electron chi connectivity index (χ4n) is 2.18. The second-order valence-corrected chi connectivity index (χ2v) is 5.25. The Morgan fingerprint density at radius 1 is 1.29 bits per heavy atom. The number of aryl methyl sites for hydroxylation is 1. The van der Waals surface area contributed by atoms with Crippen molar-refractivity contribution >= 4 is 11.9 Å². The van der Waals surface area contributed by atoms with Crippen LogP contribution in [-0.4, -0.2) is 23.7 Å². The fraction of sp³-hybridized carbons (Fsp3) is 0.412. The number of carboxylic acids is 1. The Kier molecular flexibility index (Phi) is 5.70. The van der Waals surface area contributed by atoms with Gasteiger partial charge in [-0.2, -0.15) is 0 Å². The molecule has 21 heavy (non-hydrogen) atoms. The lowest BCUT2D eigenvalue weighted by Gasteiger charge is -2.28. The molecule has 0 heterocycles. The number of ether oxygens (including phenoxy) is 1. The lowest BCUT2D eigenvalue weighted by molar-refractivity contribution is -0.162. The van der Waals surface area contributed by atoms with Crippen molar-refractivity contribution in [3.63, 3.8) is 0 Å². The molecule has 1 unspecified atom stereocenters. The fourth-order valence-corrected chi connectivity index (χ4v) is 2.18. The number of allylic oxidation sites excluding steroid dienone is 1. The van der Waals surface area contributed by atoms with E-state index in [9.17, 15) is 14.7 Å². The summed E-state index contributed by atoms with van der Waals surface area (Å²) in [6.45, 7) is 9.32. The van der Waals surface area contributed by atoms with Gasteiger partial charge in [0.05, 0.1) is 6.61 Å². The molecule has 0 aromatic heterocycles. The Morgan fingerprint density at radius 3 is 2.29 bits per heavy atom. The molecule has 0 amide bonds. The predicted octanol–water partition coefficient (Wildman–Crippen LogP) is 3.24. The van der Waals surface area contributed by atoms with Crippen molar-refractivity contribution < 1.29 is 19.4 Å². The molecule has 0 saturated heterocycles. The van der Waals surface area contributed by atoms with E-state index >= 15 is 0 Å². The van der Waals surface area contributed by atoms with Crippen LogP contribution in [0.1, 0.15) is 37.8 Å². The molecule has 1 N–H and O–H groups in total. The molecule has 0 aliphatic rings. The maximum atomic E-state index is 12.4. The molecule has 4 nitrogen and oxygen atoms in total. The number of aliphatic carboxylic acids is 1. The minimum absolute atomic E-state index is 0.138. The summed E-state index contributed by atoms with van der Waals surface area (Å²) in [5.41, 5.74) is 0.599. The highest BCUT2D eigenvalue weighted by molar-refractivity contribution is 6.05. The number of carboxylic acid groups (broad SMARTS) is 1. The maximum Gasteiger partial charge on any atom is 0.328 e. The molecule has 1 aromatic carbocycles. The topological polar surface area (TPSA) is 63.6 Å². The monoisotopic (exact) mass is 290 g/mol. The molecule has 0 spiro atoms. The van der Waals surface area contributed by atoms with Gasteiger partial charge in [-0.1, -0.05) is 35.4 Å². The van der Waals surface area contributed by atoms with Crippen LogP contribution >= 0.6 is 0 Å². The van der Waals surface area contributed by atoms with Crippen molar-refractivity contribution in [2.75, 3.05) is 6.61 Å². The smallest absolute Gasteiger partial charge is 0.328 e. The van der Waals surface area contributed by atoms with Crippen molar-refractivity contribution in [2.45, 2.75) is 39.0 Å². The third kappa shape index (κ3) is 3.72. The summed E-state index contributed by atoms with van der Waals surface area (Å²) in [6.07, 6.45) is 0.582. The van der Waals surface area contributed by atoms with Crippen LogP contribution in [0.5, 0.6) is 0 Å². The van der Waals surface area contributed by atoms with Crippen molar-refractivity contribution in [2.24, 2.45) is 0 Å². The van der Waals surface area contributed by atoms with Crippen molar-refractivity contribution in [3.05, 3.63) is 47.5 Å². The Labute approximate surface area is 125 Å². The van der Waals surface area contributed by atoms with Gasteiger partial charge < -0.3 is 9.84 Å². The third-order valence-electron chi connectivity index (χ3n) is 3.46. The van der Waals surface area contributed by atoms with E-state index in [1.165, 1.54) is 0 Å². The van der Waals surface area contributed by atoms with Crippen LogP contribution in [0, 0.1) is 6.92 Å². The standard InChI is InChI=1S/C17H22O4/c1-5-21-16(20)17(15(18)19,11-10-12(2)3)14-8-6-13(4)7-9-14/h6-9H,2,5,10-11H2,1,3-4H3,(H,18,19). The van der Waals surface area contributed by atoms with E-state index < -0.39 is 17.4 Å². The van der Waals surface area contributed by atoms with Crippen molar-refractivity contribution in [3.8, 4) is 0 Å². The van der Waals surface area contributed by atoms with Gasteiger partial charge in [0.2, 0.25) is 0 Å². The van der Waals surface area contributed by atoms with Crippen LogP contribution < -0.4 is 0 Å². The second-order valence-electron chi connectivity index (χ2n) is 5.25. The van der Waals surface area contributed by atoms with Crippen LogP contribution in [0.25, 0.3) is 0 Å². The van der Waals surface area contributed by atoms with Gasteiger partial charge in [0.15, 0.2) is 5.41 Å². The number of rotatable bonds is 7. The highest BCUT2D eigenvalue weighted by Crippen LogP contribution is 2.33. The zero-order chi connectivity index (χ0) is 16.0. The van der Waals surface area contributed by atoms with Gasteiger partial charge in [0.1, 0.15) is 0 Å². The summed E-state index contributed by atoms with van der Waals surface area (Å²) in [7, 11) is 0. The van der Waals surface area contributed by atoms with Crippen LogP contribution in [0.15, 0.2) is 36.4 Å². The molecule has 4 heteroatoms. The molecule has 0 fully saturated rings. The summed E-state index contributed by atoms with van der Waals surface area (Å²) in [6, 6.07) is 6.96. The van der Waals surface area contributed by atoms with E-state index in [0.29, 0.717) is 12.0 Å². The van der Waals surface area contributed by atoms with E-state index in [2.05, 4.69) is 6.58 Å². The lowest BCUT2D eigenvalue weighted by atomic mass is 9.75. The molecule has 1 rings (SSSR count). The summed E-state index contributed by atoms with van der Waals surface area (Å²) < 4.78 is 5.04. The van der Waals surface area contributed by atoms with E-state index in [4.69, 9.17) is 4.74 Å². The van der Waals surface area contributed by atoms with Gasteiger partial charge in [-0.25, -0.2) is 0 Å². The number of hydrogen-bond donors (Lipinski definition) is 1. The first-order valence-electron chi connectivity index (χ1n) is 6.96. The van der Waals surface area contributed by atoms with Gasteiger partial charge in [0.25, 0.3) is 0 Å². The third-order valence-corrected chi connectivity index (χ3v) is 3.46. The van der Waals surface area contributed by atoms with Crippen LogP contribution in [-0.2, 0) is 19.7 Å². The first kappa shape index (κ1) is 17.0. The summed E-state index contributed by atoms with van der Waals surface area (Å²) in [5.74, 6) is -1.91. The summed E-state index contributed by atoms with van der Waals surface area (Å²) >= 11 is 0. The second kappa shape index (κ2) is 7.07. The zero-order valence-corrected chi connectivity index (χ0v) is 12.8. The molecule has 0 saturated carbocycles. The molecular formula is C17H22O4. The minimum Gasteiger partial charge on any atom is -0.480 e. The van der Waals surface area contributed by atoms with Crippen LogP contribution in [0.2, 0.25) is 0 Å². The molecule has 0 radical (unpaired) electrons.